The van der Waals surface area contributed by atoms with Gasteiger partial charge in [0.2, 0.25) is 0 Å². The lowest BCUT2D eigenvalue weighted by Crippen LogP contribution is -2.35. The van der Waals surface area contributed by atoms with E-state index in [9.17, 15) is 0 Å². The first kappa shape index (κ1) is 14.3. The Bertz CT molecular complexity index is 573. The number of aryl methyl sites for hydroxylation is 2. The molecule has 1 atom stereocenters. The van der Waals surface area contributed by atoms with Crippen LogP contribution in [0.3, 0.4) is 0 Å². The zero-order valence-corrected chi connectivity index (χ0v) is 13.0. The van der Waals surface area contributed by atoms with E-state index in [0.29, 0.717) is 0 Å². The summed E-state index contributed by atoms with van der Waals surface area (Å²) in [4.78, 5) is 6.95. The summed E-state index contributed by atoms with van der Waals surface area (Å²) in [5.41, 5.74) is 3.64. The summed E-state index contributed by atoms with van der Waals surface area (Å²) in [5, 5.41) is 4.49. The van der Waals surface area contributed by atoms with Gasteiger partial charge in [-0.05, 0) is 56.3 Å². The molecule has 0 unspecified atom stereocenters. The molecule has 4 heteroatoms. The second kappa shape index (κ2) is 6.39. The van der Waals surface area contributed by atoms with E-state index in [1.807, 2.05) is 31.0 Å². The van der Waals surface area contributed by atoms with E-state index < -0.39 is 0 Å². The van der Waals surface area contributed by atoms with Gasteiger partial charge in [0.25, 0.3) is 0 Å². The van der Waals surface area contributed by atoms with Crippen LogP contribution in [0.1, 0.15) is 29.8 Å². The average molecular weight is 284 g/mol. The maximum atomic E-state index is 4.49. The van der Waals surface area contributed by atoms with Crippen LogP contribution in [0.15, 0.2) is 30.6 Å². The summed E-state index contributed by atoms with van der Waals surface area (Å²) in [5.74, 6) is 0.743. The third kappa shape index (κ3) is 3.91. The second-order valence-electron chi connectivity index (χ2n) is 6.24. The molecule has 21 heavy (non-hydrogen) atoms. The minimum atomic E-state index is 0.743. The van der Waals surface area contributed by atoms with Gasteiger partial charge in [-0.3, -0.25) is 14.6 Å². The van der Waals surface area contributed by atoms with Crippen molar-refractivity contribution in [2.75, 3.05) is 13.1 Å². The molecule has 0 amide bonds. The van der Waals surface area contributed by atoms with Gasteiger partial charge in [0, 0.05) is 38.2 Å². The van der Waals surface area contributed by atoms with Crippen molar-refractivity contribution in [3.05, 3.63) is 47.5 Å². The van der Waals surface area contributed by atoms with Crippen LogP contribution < -0.4 is 0 Å². The molecule has 0 N–H and O–H groups in total. The summed E-state index contributed by atoms with van der Waals surface area (Å²) >= 11 is 0. The van der Waals surface area contributed by atoms with Crippen molar-refractivity contribution in [1.82, 2.24) is 19.7 Å². The Morgan fingerprint density at radius 1 is 1.29 bits per heavy atom. The van der Waals surface area contributed by atoms with Crippen molar-refractivity contribution in [3.63, 3.8) is 0 Å². The van der Waals surface area contributed by atoms with Gasteiger partial charge in [0.15, 0.2) is 0 Å². The van der Waals surface area contributed by atoms with Crippen LogP contribution in [0.2, 0.25) is 0 Å². The van der Waals surface area contributed by atoms with Crippen LogP contribution in [0.4, 0.5) is 0 Å². The van der Waals surface area contributed by atoms with Crippen molar-refractivity contribution in [2.45, 2.75) is 32.7 Å². The Balaban J connectivity index is 1.56. The Morgan fingerprint density at radius 2 is 2.19 bits per heavy atom. The van der Waals surface area contributed by atoms with Gasteiger partial charge >= 0.3 is 0 Å². The van der Waals surface area contributed by atoms with Gasteiger partial charge in [-0.15, -0.1) is 0 Å². The average Bonchev–Trinajstić information content (AvgIpc) is 2.87. The molecule has 0 spiro atoms. The Morgan fingerprint density at radius 3 is 2.90 bits per heavy atom. The number of likely N-dealkylation sites (tertiary alicyclic amines) is 1. The molecule has 0 aromatic carbocycles. The molecule has 3 heterocycles. The van der Waals surface area contributed by atoms with Crippen LogP contribution in [-0.4, -0.2) is 32.8 Å². The fourth-order valence-electron chi connectivity index (χ4n) is 3.19. The van der Waals surface area contributed by atoms with Crippen LogP contribution in [0, 0.1) is 12.8 Å². The number of hydrogen-bond donors (Lipinski definition) is 0. The zero-order chi connectivity index (χ0) is 14.7. The third-order valence-electron chi connectivity index (χ3n) is 4.25. The van der Waals surface area contributed by atoms with Gasteiger partial charge in [0.05, 0.1) is 5.69 Å². The molecule has 4 nitrogen and oxygen atoms in total. The first-order valence-corrected chi connectivity index (χ1v) is 7.81. The normalized spacial score (nSPS) is 19.8. The molecule has 1 saturated heterocycles. The summed E-state index contributed by atoms with van der Waals surface area (Å²) in [6.45, 7) is 5.38. The number of rotatable bonds is 4. The Labute approximate surface area is 126 Å². The molecule has 2 aromatic heterocycles. The van der Waals surface area contributed by atoms with E-state index in [1.54, 1.807) is 0 Å². The monoisotopic (exact) mass is 284 g/mol. The maximum absolute atomic E-state index is 4.49. The maximum Gasteiger partial charge on any atom is 0.0764 e. The quantitative estimate of drug-likeness (QED) is 0.865. The van der Waals surface area contributed by atoms with Gasteiger partial charge in [0.1, 0.15) is 0 Å². The van der Waals surface area contributed by atoms with Crippen molar-refractivity contribution in [1.29, 1.82) is 0 Å². The van der Waals surface area contributed by atoms with E-state index in [-0.39, 0.29) is 0 Å². The molecule has 1 aliphatic rings. The summed E-state index contributed by atoms with van der Waals surface area (Å²) in [6, 6.07) is 6.46. The predicted octanol–water partition coefficient (Wildman–Crippen LogP) is 2.58. The van der Waals surface area contributed by atoms with Crippen molar-refractivity contribution < 1.29 is 0 Å². The van der Waals surface area contributed by atoms with E-state index >= 15 is 0 Å². The highest BCUT2D eigenvalue weighted by atomic mass is 15.3. The second-order valence-corrected chi connectivity index (χ2v) is 6.24. The Kier molecular flexibility index (Phi) is 4.34. The first-order valence-electron chi connectivity index (χ1n) is 7.81. The first-order chi connectivity index (χ1) is 10.2. The summed E-state index contributed by atoms with van der Waals surface area (Å²) in [7, 11) is 1.98. The minimum absolute atomic E-state index is 0.743. The molecular formula is C17H24N4. The van der Waals surface area contributed by atoms with E-state index in [1.165, 1.54) is 37.2 Å². The highest BCUT2D eigenvalue weighted by Gasteiger charge is 2.20. The third-order valence-corrected chi connectivity index (χ3v) is 4.25. The van der Waals surface area contributed by atoms with E-state index in [4.69, 9.17) is 0 Å². The molecule has 3 rings (SSSR count). The van der Waals surface area contributed by atoms with Crippen molar-refractivity contribution in [2.24, 2.45) is 13.0 Å². The highest BCUT2D eigenvalue weighted by Crippen LogP contribution is 2.21. The highest BCUT2D eigenvalue weighted by molar-refractivity contribution is 5.14. The minimum Gasteiger partial charge on any atom is -0.297 e. The fourth-order valence-corrected chi connectivity index (χ4v) is 3.19. The predicted molar refractivity (Wildman–Crippen MR) is 83.9 cm³/mol. The molecule has 0 bridgehead atoms. The van der Waals surface area contributed by atoms with Crippen LogP contribution in [0.25, 0.3) is 0 Å². The van der Waals surface area contributed by atoms with Crippen LogP contribution in [0.5, 0.6) is 0 Å². The van der Waals surface area contributed by atoms with E-state index in [2.05, 4.69) is 33.2 Å². The lowest BCUT2D eigenvalue weighted by atomic mass is 9.92. The van der Waals surface area contributed by atoms with Crippen molar-refractivity contribution >= 4 is 0 Å². The van der Waals surface area contributed by atoms with Gasteiger partial charge in [-0.25, -0.2) is 0 Å². The number of hydrogen-bond acceptors (Lipinski definition) is 3. The lowest BCUT2D eigenvalue weighted by molar-refractivity contribution is 0.165. The van der Waals surface area contributed by atoms with Crippen molar-refractivity contribution in [3.8, 4) is 0 Å². The zero-order valence-electron chi connectivity index (χ0n) is 13.0. The van der Waals surface area contributed by atoms with E-state index in [0.717, 1.165) is 24.6 Å². The van der Waals surface area contributed by atoms with Crippen LogP contribution >= 0.6 is 0 Å². The summed E-state index contributed by atoms with van der Waals surface area (Å²) < 4.78 is 1.88. The molecule has 112 valence electrons. The van der Waals surface area contributed by atoms with Gasteiger partial charge < -0.3 is 0 Å². The van der Waals surface area contributed by atoms with Gasteiger partial charge in [-0.1, -0.05) is 6.07 Å². The number of piperidine rings is 1. The molecule has 1 aliphatic heterocycles. The Hall–Kier alpha value is -1.68. The molecule has 1 fully saturated rings. The largest absolute Gasteiger partial charge is 0.297 e. The smallest absolute Gasteiger partial charge is 0.0764 e. The number of nitrogens with zero attached hydrogens (tertiary/aromatic N) is 4. The molecular weight excluding hydrogens is 260 g/mol. The standard InChI is InChI=1S/C17H24N4/c1-14-5-6-15(11-18-14)10-16-4-3-8-21(12-16)13-17-7-9-20(2)19-17/h5-7,9,11,16H,3-4,8,10,12-13H2,1-2H3/t16-/m1/s1. The van der Waals surface area contributed by atoms with Crippen LogP contribution in [-0.2, 0) is 20.0 Å². The topological polar surface area (TPSA) is 34.0 Å². The SMILES string of the molecule is Cc1ccc(C[C@H]2CCCN(Cc3ccn(C)n3)C2)cn1. The molecule has 0 aliphatic carbocycles. The molecule has 2 aromatic rings. The number of aromatic nitrogens is 3. The molecule has 0 radical (unpaired) electrons. The summed E-state index contributed by atoms with van der Waals surface area (Å²) in [6.07, 6.45) is 7.82. The lowest BCUT2D eigenvalue weighted by Gasteiger charge is -2.32. The fraction of sp³-hybridized carbons (Fsp3) is 0.529. The van der Waals surface area contributed by atoms with Gasteiger partial charge in [-0.2, -0.15) is 5.10 Å². The molecule has 0 saturated carbocycles. The number of pyridine rings is 1.